The summed E-state index contributed by atoms with van der Waals surface area (Å²) in [4.78, 5) is 27.4. The summed E-state index contributed by atoms with van der Waals surface area (Å²) in [6, 6.07) is 15.9. The normalized spacial score (nSPS) is 20.5. The van der Waals surface area contributed by atoms with Gasteiger partial charge in [-0.1, -0.05) is 65.3 Å². The molecule has 0 bridgehead atoms. The van der Waals surface area contributed by atoms with Gasteiger partial charge in [0.1, 0.15) is 6.10 Å². The summed E-state index contributed by atoms with van der Waals surface area (Å²) in [5.41, 5.74) is 1.98. The van der Waals surface area contributed by atoms with E-state index in [1.807, 2.05) is 18.2 Å². The van der Waals surface area contributed by atoms with Crippen LogP contribution in [0.25, 0.3) is 11.2 Å². The predicted molar refractivity (Wildman–Crippen MR) is 153 cm³/mol. The van der Waals surface area contributed by atoms with E-state index < -0.39 is 46.1 Å². The summed E-state index contributed by atoms with van der Waals surface area (Å²) in [7, 11) is -9.08. The Morgan fingerprint density at radius 1 is 1.05 bits per heavy atom. The Kier molecular flexibility index (Phi) is 9.60. The molecular weight excluding hydrogens is 633 g/mol. The van der Waals surface area contributed by atoms with Crippen LogP contribution < -0.4 is 5.32 Å². The third-order valence-electron chi connectivity index (χ3n) is 6.24. The summed E-state index contributed by atoms with van der Waals surface area (Å²) < 4.78 is 42.9. The van der Waals surface area contributed by atoms with Gasteiger partial charge in [-0.15, -0.1) is 5.10 Å². The zero-order chi connectivity index (χ0) is 29.9. The van der Waals surface area contributed by atoms with Gasteiger partial charge in [0.25, 0.3) is 0 Å². The average Bonchev–Trinajstić information content (AvgIpc) is 3.53. The van der Waals surface area contributed by atoms with Crippen molar-refractivity contribution in [2.45, 2.75) is 38.0 Å². The van der Waals surface area contributed by atoms with Crippen LogP contribution in [0.15, 0.2) is 54.6 Å². The first-order valence-corrected chi connectivity index (χ1v) is 16.8. The highest BCUT2D eigenvalue weighted by Gasteiger charge is 2.41. The molecule has 18 heteroatoms. The van der Waals surface area contributed by atoms with Crippen molar-refractivity contribution < 1.29 is 37.8 Å². The molecule has 4 atom stereocenters. The molecule has 0 radical (unpaired) electrons. The zero-order valence-corrected chi connectivity index (χ0v) is 25.0. The number of hydrogen-bond acceptors (Lipinski definition) is 11. The van der Waals surface area contributed by atoms with E-state index in [0.29, 0.717) is 28.5 Å². The van der Waals surface area contributed by atoms with Gasteiger partial charge < -0.3 is 34.0 Å². The smallest absolute Gasteiger partial charge is 0.343 e. The fourth-order valence-electron chi connectivity index (χ4n) is 4.23. The van der Waals surface area contributed by atoms with Crippen LogP contribution in [-0.4, -0.2) is 64.6 Å². The van der Waals surface area contributed by atoms with Gasteiger partial charge in [-0.3, -0.25) is 9.13 Å². The molecule has 14 nitrogen and oxygen atoms in total. The standard InChI is InChI=1S/C24H26Cl2N6O8P2/c25-17-9-5-4-8-16(17)11-27-22-21-23(29-24(26)28-22)32(31-30-21)20-10-18(33)19(40-20)13-39-42(37,14-41(34,35)36)38-12-15-6-2-1-3-7-15/h1-9,18-20,33H,10-14H2,(H,27,28,29)(H2,34,35,36)/t18-,19+,20+,42?/m0/s1. The number of rotatable bonds is 12. The van der Waals surface area contributed by atoms with Gasteiger partial charge in [0.05, 0.1) is 19.3 Å². The first-order valence-electron chi connectivity index (χ1n) is 12.6. The molecule has 0 amide bonds. The first kappa shape index (κ1) is 31.0. The minimum Gasteiger partial charge on any atom is -0.390 e. The van der Waals surface area contributed by atoms with E-state index >= 15 is 0 Å². The number of aliphatic hydroxyl groups is 1. The van der Waals surface area contributed by atoms with E-state index in [1.165, 1.54) is 4.68 Å². The number of benzene rings is 2. The predicted octanol–water partition coefficient (Wildman–Crippen LogP) is 4.35. The maximum absolute atomic E-state index is 13.3. The van der Waals surface area contributed by atoms with Crippen LogP contribution in [0.1, 0.15) is 23.8 Å². The lowest BCUT2D eigenvalue weighted by Gasteiger charge is -2.22. The molecule has 1 aliphatic rings. The van der Waals surface area contributed by atoms with E-state index in [-0.39, 0.29) is 24.0 Å². The van der Waals surface area contributed by atoms with Gasteiger partial charge in [-0.05, 0) is 28.8 Å². The highest BCUT2D eigenvalue weighted by molar-refractivity contribution is 7.70. The van der Waals surface area contributed by atoms with E-state index in [9.17, 15) is 24.0 Å². The van der Waals surface area contributed by atoms with Gasteiger partial charge in [0, 0.05) is 18.0 Å². The van der Waals surface area contributed by atoms with Crippen molar-refractivity contribution in [1.29, 1.82) is 0 Å². The molecule has 3 heterocycles. The molecule has 1 unspecified atom stereocenters. The topological polar surface area (TPSA) is 191 Å². The number of anilines is 1. The molecule has 0 aliphatic carbocycles. The summed E-state index contributed by atoms with van der Waals surface area (Å²) >= 11 is 12.4. The number of ether oxygens (including phenoxy) is 1. The summed E-state index contributed by atoms with van der Waals surface area (Å²) in [6.45, 7) is -0.349. The molecule has 4 N–H and O–H groups in total. The van der Waals surface area contributed by atoms with E-state index in [2.05, 4.69) is 25.6 Å². The second-order valence-electron chi connectivity index (χ2n) is 9.40. The highest BCUT2D eigenvalue weighted by Crippen LogP contribution is 2.59. The zero-order valence-electron chi connectivity index (χ0n) is 21.7. The SMILES string of the molecule is O=P(O)(O)CP(=O)(OCc1ccccc1)OC[C@H]1O[C@@H](n2nnc3c(NCc4ccccc4Cl)nc(Cl)nc32)C[C@@H]1O. The van der Waals surface area contributed by atoms with Crippen molar-refractivity contribution in [2.24, 2.45) is 0 Å². The Bertz CT molecular complexity index is 1640. The van der Waals surface area contributed by atoms with Gasteiger partial charge in [0.2, 0.25) is 5.28 Å². The molecule has 0 saturated carbocycles. The summed E-state index contributed by atoms with van der Waals surface area (Å²) in [5, 5.41) is 22.6. The Hall–Kier alpha value is -2.48. The van der Waals surface area contributed by atoms with Gasteiger partial charge >= 0.3 is 15.2 Å². The van der Waals surface area contributed by atoms with Gasteiger partial charge in [-0.25, -0.2) is 0 Å². The second-order valence-corrected chi connectivity index (χ2v) is 14.3. The number of aliphatic hydroxyl groups excluding tert-OH is 1. The number of halogens is 2. The van der Waals surface area contributed by atoms with Crippen LogP contribution in [-0.2, 0) is 36.1 Å². The molecule has 4 aromatic rings. The molecule has 5 rings (SSSR count). The van der Waals surface area contributed by atoms with Crippen LogP contribution in [0.5, 0.6) is 0 Å². The van der Waals surface area contributed by atoms with Crippen molar-refractivity contribution in [3.05, 3.63) is 76.0 Å². The number of nitrogens with zero attached hydrogens (tertiary/aromatic N) is 5. The number of nitrogens with one attached hydrogen (secondary N) is 1. The highest BCUT2D eigenvalue weighted by atomic mass is 35.5. The number of hydrogen-bond donors (Lipinski definition) is 4. The van der Waals surface area contributed by atoms with Crippen LogP contribution in [0.3, 0.4) is 0 Å². The van der Waals surface area contributed by atoms with Crippen molar-refractivity contribution in [3.8, 4) is 0 Å². The molecular formula is C24H26Cl2N6O8P2. The van der Waals surface area contributed by atoms with E-state index in [0.717, 1.165) is 5.56 Å². The van der Waals surface area contributed by atoms with Crippen LogP contribution in [0, 0.1) is 0 Å². The fourth-order valence-corrected chi connectivity index (χ4v) is 7.85. The minimum atomic E-state index is -4.78. The molecule has 2 aromatic carbocycles. The Morgan fingerprint density at radius 2 is 1.79 bits per heavy atom. The van der Waals surface area contributed by atoms with Crippen LogP contribution in [0.2, 0.25) is 10.3 Å². The molecule has 0 spiro atoms. The molecule has 42 heavy (non-hydrogen) atoms. The van der Waals surface area contributed by atoms with E-state index in [4.69, 9.17) is 37.0 Å². The third-order valence-corrected chi connectivity index (χ3v) is 10.7. The Morgan fingerprint density at radius 3 is 2.52 bits per heavy atom. The molecule has 2 aromatic heterocycles. The fraction of sp³-hybridized carbons (Fsp3) is 0.333. The molecule has 224 valence electrons. The lowest BCUT2D eigenvalue weighted by atomic mass is 10.2. The second kappa shape index (κ2) is 13.0. The average molecular weight is 659 g/mol. The summed E-state index contributed by atoms with van der Waals surface area (Å²) in [5.74, 6) is -0.824. The lowest BCUT2D eigenvalue weighted by molar-refractivity contribution is -0.0450. The quantitative estimate of drug-likeness (QED) is 0.124. The Labute approximate surface area is 249 Å². The Balaban J connectivity index is 1.28. The van der Waals surface area contributed by atoms with Crippen molar-refractivity contribution in [1.82, 2.24) is 25.0 Å². The van der Waals surface area contributed by atoms with Crippen molar-refractivity contribution in [3.63, 3.8) is 0 Å². The van der Waals surface area contributed by atoms with Gasteiger partial charge in [0.15, 0.2) is 29.1 Å². The number of aromatic nitrogens is 5. The van der Waals surface area contributed by atoms with Crippen LogP contribution >= 0.6 is 38.4 Å². The maximum atomic E-state index is 13.3. The largest absolute Gasteiger partial charge is 0.390 e. The van der Waals surface area contributed by atoms with Crippen molar-refractivity contribution >= 4 is 55.4 Å². The maximum Gasteiger partial charge on any atom is 0.343 e. The third kappa shape index (κ3) is 7.72. The molecule has 1 saturated heterocycles. The first-order chi connectivity index (χ1) is 20.0. The van der Waals surface area contributed by atoms with E-state index in [1.54, 1.807) is 36.4 Å². The molecule has 1 aliphatic heterocycles. The lowest BCUT2D eigenvalue weighted by Crippen LogP contribution is -2.26. The minimum absolute atomic E-state index is 0.0319. The van der Waals surface area contributed by atoms with Gasteiger partial charge in [-0.2, -0.15) is 14.6 Å². The summed E-state index contributed by atoms with van der Waals surface area (Å²) in [6.07, 6.45) is -2.98. The van der Waals surface area contributed by atoms with Crippen LogP contribution in [0.4, 0.5) is 5.82 Å². The number of fused-ring (bicyclic) bond motifs is 1. The monoisotopic (exact) mass is 658 g/mol. The van der Waals surface area contributed by atoms with Crippen molar-refractivity contribution in [2.75, 3.05) is 17.8 Å². The molecule has 1 fully saturated rings.